The van der Waals surface area contributed by atoms with E-state index in [9.17, 15) is 4.79 Å². The Balaban J connectivity index is 1.55. The van der Waals surface area contributed by atoms with Crippen LogP contribution in [0.5, 0.6) is 0 Å². The van der Waals surface area contributed by atoms with E-state index in [1.54, 1.807) is 21.8 Å². The molecule has 0 fully saturated rings. The molecule has 0 aliphatic heterocycles. The third kappa shape index (κ3) is 3.40. The van der Waals surface area contributed by atoms with Crippen molar-refractivity contribution in [1.29, 1.82) is 0 Å². The van der Waals surface area contributed by atoms with Crippen molar-refractivity contribution in [3.8, 4) is 0 Å². The van der Waals surface area contributed by atoms with E-state index < -0.39 is 0 Å². The van der Waals surface area contributed by atoms with Crippen LogP contribution < -0.4 is 4.90 Å². The zero-order chi connectivity index (χ0) is 20.5. The molecule has 3 aromatic heterocycles. The van der Waals surface area contributed by atoms with Gasteiger partial charge in [-0.2, -0.15) is 5.10 Å². The van der Waals surface area contributed by atoms with Crippen molar-refractivity contribution in [1.82, 2.24) is 14.8 Å². The lowest BCUT2D eigenvalue weighted by atomic mass is 10.2. The molecular formula is C23H18N4O2S. The number of fused-ring (bicyclic) bond motifs is 1. The zero-order valence-electron chi connectivity index (χ0n) is 16.2. The number of aryl methyl sites for hydroxylation is 1. The van der Waals surface area contributed by atoms with Crippen molar-refractivity contribution < 1.29 is 9.21 Å². The molecule has 0 N–H and O–H groups in total. The van der Waals surface area contributed by atoms with Crippen molar-refractivity contribution in [2.24, 2.45) is 0 Å². The number of para-hydroxylation sites is 2. The molecule has 30 heavy (non-hydrogen) atoms. The third-order valence-corrected chi connectivity index (χ3v) is 5.80. The van der Waals surface area contributed by atoms with Crippen LogP contribution >= 0.6 is 11.3 Å². The average Bonchev–Trinajstić information content (AvgIpc) is 3.50. The second-order valence-corrected chi connectivity index (χ2v) is 7.87. The summed E-state index contributed by atoms with van der Waals surface area (Å²) in [5.74, 6) is 0.672. The van der Waals surface area contributed by atoms with E-state index in [1.807, 2.05) is 73.8 Å². The molecule has 0 radical (unpaired) electrons. The first kappa shape index (κ1) is 18.3. The number of benzene rings is 2. The molecule has 6 nitrogen and oxygen atoms in total. The van der Waals surface area contributed by atoms with E-state index in [2.05, 4.69) is 5.10 Å². The summed E-state index contributed by atoms with van der Waals surface area (Å²) >= 11 is 1.48. The molecule has 0 saturated heterocycles. The van der Waals surface area contributed by atoms with Gasteiger partial charge in [0.1, 0.15) is 5.76 Å². The van der Waals surface area contributed by atoms with Gasteiger partial charge in [-0.3, -0.25) is 9.48 Å². The van der Waals surface area contributed by atoms with Gasteiger partial charge in [0.15, 0.2) is 10.9 Å². The molecule has 148 valence electrons. The van der Waals surface area contributed by atoms with E-state index in [0.717, 1.165) is 21.5 Å². The summed E-state index contributed by atoms with van der Waals surface area (Å²) in [4.78, 5) is 19.9. The molecule has 0 aliphatic carbocycles. The number of carbonyl (C=O) groups excluding carboxylic acids is 1. The highest BCUT2D eigenvalue weighted by Gasteiger charge is 2.26. The molecular weight excluding hydrogens is 396 g/mol. The lowest BCUT2D eigenvalue weighted by Gasteiger charge is -2.20. The number of hydrogen-bond donors (Lipinski definition) is 0. The SMILES string of the molecule is Cc1ccccc1N(C(=O)c1ccc(Cn2cccn2)o1)c1nc2ccccc2s1. The summed E-state index contributed by atoms with van der Waals surface area (Å²) in [6.07, 6.45) is 3.56. The Labute approximate surface area is 177 Å². The highest BCUT2D eigenvalue weighted by molar-refractivity contribution is 7.22. The second-order valence-electron chi connectivity index (χ2n) is 6.86. The molecule has 7 heteroatoms. The number of amides is 1. The Hall–Kier alpha value is -3.71. The van der Waals surface area contributed by atoms with E-state index in [1.165, 1.54) is 11.3 Å². The Morgan fingerprint density at radius 1 is 1.07 bits per heavy atom. The maximum Gasteiger partial charge on any atom is 0.300 e. The van der Waals surface area contributed by atoms with Gasteiger partial charge in [-0.05, 0) is 48.9 Å². The highest BCUT2D eigenvalue weighted by Crippen LogP contribution is 2.36. The molecule has 5 rings (SSSR count). The smallest absolute Gasteiger partial charge is 0.300 e. The number of anilines is 2. The highest BCUT2D eigenvalue weighted by atomic mass is 32.1. The van der Waals surface area contributed by atoms with Gasteiger partial charge in [0.2, 0.25) is 0 Å². The van der Waals surface area contributed by atoms with Gasteiger partial charge >= 0.3 is 0 Å². The Kier molecular flexibility index (Phi) is 4.65. The number of thiazole rings is 1. The lowest BCUT2D eigenvalue weighted by molar-refractivity contribution is 0.0970. The third-order valence-electron chi connectivity index (χ3n) is 4.78. The van der Waals surface area contributed by atoms with Gasteiger partial charge in [0, 0.05) is 12.4 Å². The van der Waals surface area contributed by atoms with Crippen LogP contribution in [0.1, 0.15) is 21.9 Å². The quantitative estimate of drug-likeness (QED) is 0.385. The zero-order valence-corrected chi connectivity index (χ0v) is 17.0. The first-order valence-electron chi connectivity index (χ1n) is 9.51. The first-order chi connectivity index (χ1) is 14.7. The van der Waals surface area contributed by atoms with E-state index in [-0.39, 0.29) is 11.7 Å². The maximum absolute atomic E-state index is 13.6. The summed E-state index contributed by atoms with van der Waals surface area (Å²) < 4.78 is 8.66. The molecule has 0 atom stereocenters. The Bertz CT molecular complexity index is 1290. The molecule has 1 amide bonds. The van der Waals surface area contributed by atoms with Crippen molar-refractivity contribution in [3.63, 3.8) is 0 Å². The largest absolute Gasteiger partial charge is 0.454 e. The lowest BCUT2D eigenvalue weighted by Crippen LogP contribution is -2.26. The summed E-state index contributed by atoms with van der Waals surface area (Å²) in [7, 11) is 0. The minimum atomic E-state index is -0.255. The topological polar surface area (TPSA) is 64.2 Å². The van der Waals surface area contributed by atoms with E-state index in [4.69, 9.17) is 9.40 Å². The van der Waals surface area contributed by atoms with E-state index in [0.29, 0.717) is 17.4 Å². The second kappa shape index (κ2) is 7.61. The van der Waals surface area contributed by atoms with Gasteiger partial charge in [0.25, 0.3) is 5.91 Å². The number of hydrogen-bond acceptors (Lipinski definition) is 5. The standard InChI is InChI=1S/C23H18N4O2S/c1-16-7-2-4-9-19(16)27(23-25-18-8-3-5-10-21(18)30-23)22(28)20-12-11-17(29-20)15-26-14-6-13-24-26/h2-14H,15H2,1H3. The fraction of sp³-hybridized carbons (Fsp3) is 0.0870. The Morgan fingerprint density at radius 2 is 1.90 bits per heavy atom. The molecule has 5 aromatic rings. The normalized spacial score (nSPS) is 11.1. The predicted octanol–water partition coefficient (Wildman–Crippen LogP) is 5.42. The van der Waals surface area contributed by atoms with Crippen LogP contribution in [-0.4, -0.2) is 20.7 Å². The van der Waals surface area contributed by atoms with Crippen molar-refractivity contribution >= 4 is 38.3 Å². The first-order valence-corrected chi connectivity index (χ1v) is 10.3. The number of carbonyl (C=O) groups is 1. The maximum atomic E-state index is 13.6. The molecule has 2 aromatic carbocycles. The van der Waals surface area contributed by atoms with Gasteiger partial charge in [-0.15, -0.1) is 0 Å². The number of nitrogens with zero attached hydrogens (tertiary/aromatic N) is 4. The monoisotopic (exact) mass is 414 g/mol. The fourth-order valence-corrected chi connectivity index (χ4v) is 4.29. The molecule has 0 aliphatic rings. The number of furan rings is 1. The van der Waals surface area contributed by atoms with Crippen molar-refractivity contribution in [3.05, 3.63) is 96.2 Å². The minimum Gasteiger partial charge on any atom is -0.454 e. The fourth-order valence-electron chi connectivity index (χ4n) is 3.31. The van der Waals surface area contributed by atoms with Crippen LogP contribution in [0.15, 0.2) is 83.5 Å². The number of rotatable bonds is 5. The van der Waals surface area contributed by atoms with Crippen LogP contribution in [0.3, 0.4) is 0 Å². The van der Waals surface area contributed by atoms with Crippen LogP contribution in [0, 0.1) is 6.92 Å². The van der Waals surface area contributed by atoms with Crippen molar-refractivity contribution in [2.75, 3.05) is 4.90 Å². The predicted molar refractivity (Wildman–Crippen MR) is 117 cm³/mol. The van der Waals surface area contributed by atoms with Crippen LogP contribution in [0.2, 0.25) is 0 Å². The molecule has 0 saturated carbocycles. The van der Waals surface area contributed by atoms with E-state index >= 15 is 0 Å². The summed E-state index contributed by atoms with van der Waals surface area (Å²) in [5.41, 5.74) is 2.63. The summed E-state index contributed by atoms with van der Waals surface area (Å²) in [6.45, 7) is 2.44. The van der Waals surface area contributed by atoms with Crippen LogP contribution in [0.25, 0.3) is 10.2 Å². The van der Waals surface area contributed by atoms with Crippen molar-refractivity contribution in [2.45, 2.75) is 13.5 Å². The van der Waals surface area contributed by atoms with Crippen LogP contribution in [-0.2, 0) is 6.54 Å². The van der Waals surface area contributed by atoms with Gasteiger partial charge in [-0.1, -0.05) is 41.7 Å². The minimum absolute atomic E-state index is 0.255. The molecule has 0 bridgehead atoms. The van der Waals surface area contributed by atoms with Crippen LogP contribution in [0.4, 0.5) is 10.8 Å². The van der Waals surface area contributed by atoms with Gasteiger partial charge in [0.05, 0.1) is 22.4 Å². The molecule has 3 heterocycles. The Morgan fingerprint density at radius 3 is 2.70 bits per heavy atom. The molecule has 0 spiro atoms. The summed E-state index contributed by atoms with van der Waals surface area (Å²) in [5, 5.41) is 4.80. The summed E-state index contributed by atoms with van der Waals surface area (Å²) in [6, 6.07) is 21.0. The molecule has 0 unspecified atom stereocenters. The number of aromatic nitrogens is 3. The average molecular weight is 414 g/mol. The van der Waals surface area contributed by atoms with Gasteiger partial charge < -0.3 is 4.42 Å². The van der Waals surface area contributed by atoms with Gasteiger partial charge in [-0.25, -0.2) is 9.88 Å².